The number of nitrogens with one attached hydrogen (secondary N) is 1. The molecule has 0 bridgehead atoms. The van der Waals surface area contributed by atoms with E-state index in [-0.39, 0.29) is 5.54 Å². The zero-order chi connectivity index (χ0) is 15.5. The van der Waals surface area contributed by atoms with Crippen LogP contribution < -0.4 is 5.32 Å². The fourth-order valence-corrected chi connectivity index (χ4v) is 3.13. The average Bonchev–Trinajstić information content (AvgIpc) is 2.83. The quantitative estimate of drug-likeness (QED) is 0.882. The highest BCUT2D eigenvalue weighted by molar-refractivity contribution is 5.07. The van der Waals surface area contributed by atoms with E-state index in [0.29, 0.717) is 0 Å². The average molecular weight is 292 g/mol. The summed E-state index contributed by atoms with van der Waals surface area (Å²) in [5, 5.41) is 3.47. The Morgan fingerprint density at radius 2 is 1.95 bits per heavy atom. The highest BCUT2D eigenvalue weighted by Gasteiger charge is 2.23. The van der Waals surface area contributed by atoms with Gasteiger partial charge in [-0.05, 0) is 58.7 Å². The molecule has 0 amide bonds. The summed E-state index contributed by atoms with van der Waals surface area (Å²) in [6.45, 7) is 10.6. The molecule has 3 nitrogen and oxygen atoms in total. The first-order valence-corrected chi connectivity index (χ1v) is 8.36. The van der Waals surface area contributed by atoms with Crippen molar-refractivity contribution in [2.45, 2.75) is 78.0 Å². The Bertz CT molecular complexity index is 433. The van der Waals surface area contributed by atoms with E-state index in [1.807, 2.05) is 0 Å². The third-order valence-corrected chi connectivity index (χ3v) is 4.45. The molecule has 1 fully saturated rings. The summed E-state index contributed by atoms with van der Waals surface area (Å²) in [6, 6.07) is 4.95. The van der Waals surface area contributed by atoms with Gasteiger partial charge in [0.25, 0.3) is 0 Å². The maximum Gasteiger partial charge on any atom is 0.118 e. The Morgan fingerprint density at radius 1 is 1.24 bits per heavy atom. The van der Waals surface area contributed by atoms with E-state index in [0.717, 1.165) is 36.6 Å². The summed E-state index contributed by atoms with van der Waals surface area (Å²) in [5.41, 5.74) is 0.127. The third kappa shape index (κ3) is 5.48. The van der Waals surface area contributed by atoms with Gasteiger partial charge in [0.2, 0.25) is 0 Å². The lowest BCUT2D eigenvalue weighted by Gasteiger charge is -2.33. The lowest BCUT2D eigenvalue weighted by atomic mass is 9.86. The Hall–Kier alpha value is -0.800. The molecule has 0 aromatic carbocycles. The number of rotatable bonds is 5. The molecule has 1 aliphatic rings. The summed E-state index contributed by atoms with van der Waals surface area (Å²) in [7, 11) is 2.23. The molecule has 21 heavy (non-hydrogen) atoms. The van der Waals surface area contributed by atoms with Gasteiger partial charge in [0.05, 0.1) is 13.1 Å². The first kappa shape index (κ1) is 16.6. The predicted molar refractivity (Wildman–Crippen MR) is 88.2 cm³/mol. The molecule has 120 valence electrons. The van der Waals surface area contributed by atoms with Crippen LogP contribution in [-0.2, 0) is 13.1 Å². The molecule has 1 N–H and O–H groups in total. The van der Waals surface area contributed by atoms with Gasteiger partial charge in [-0.3, -0.25) is 4.90 Å². The largest absolute Gasteiger partial charge is 0.463 e. The number of hydrogen-bond donors (Lipinski definition) is 1. The van der Waals surface area contributed by atoms with E-state index >= 15 is 0 Å². The smallest absolute Gasteiger partial charge is 0.118 e. The molecule has 1 aromatic rings. The second-order valence-corrected chi connectivity index (χ2v) is 7.81. The summed E-state index contributed by atoms with van der Waals surface area (Å²) in [4.78, 5) is 2.47. The van der Waals surface area contributed by atoms with Crippen molar-refractivity contribution in [3.8, 4) is 0 Å². The van der Waals surface area contributed by atoms with Gasteiger partial charge in [-0.2, -0.15) is 0 Å². The minimum absolute atomic E-state index is 0.127. The normalized spacial score (nSPS) is 23.7. The van der Waals surface area contributed by atoms with Gasteiger partial charge >= 0.3 is 0 Å². The minimum Gasteiger partial charge on any atom is -0.463 e. The maximum absolute atomic E-state index is 5.96. The molecule has 2 atom stereocenters. The third-order valence-electron chi connectivity index (χ3n) is 4.45. The van der Waals surface area contributed by atoms with Crippen LogP contribution in [0.3, 0.4) is 0 Å². The summed E-state index contributed by atoms with van der Waals surface area (Å²) in [6.07, 6.45) is 5.43. The van der Waals surface area contributed by atoms with Crippen molar-refractivity contribution in [3.63, 3.8) is 0 Å². The van der Waals surface area contributed by atoms with Crippen LogP contribution in [0.15, 0.2) is 16.5 Å². The van der Waals surface area contributed by atoms with Gasteiger partial charge in [0.15, 0.2) is 0 Å². The van der Waals surface area contributed by atoms with Gasteiger partial charge < -0.3 is 9.73 Å². The van der Waals surface area contributed by atoms with E-state index < -0.39 is 0 Å². The summed E-state index contributed by atoms with van der Waals surface area (Å²) >= 11 is 0. The zero-order valence-electron chi connectivity index (χ0n) is 14.4. The molecule has 3 heteroatoms. The van der Waals surface area contributed by atoms with Crippen LogP contribution in [0, 0.1) is 5.92 Å². The van der Waals surface area contributed by atoms with Crippen LogP contribution >= 0.6 is 0 Å². The topological polar surface area (TPSA) is 28.4 Å². The highest BCUT2D eigenvalue weighted by atomic mass is 16.3. The monoisotopic (exact) mass is 292 g/mol. The second kappa shape index (κ2) is 6.97. The standard InChI is InChI=1S/C18H32N2O/c1-14-7-6-8-15(11-14)20(5)13-17-10-9-16(21-17)12-19-18(2,3)4/h9-10,14-15,19H,6-8,11-13H2,1-5H3. The molecular formula is C18H32N2O. The minimum atomic E-state index is 0.127. The van der Waals surface area contributed by atoms with Crippen molar-refractivity contribution >= 4 is 0 Å². The molecule has 0 aliphatic heterocycles. The van der Waals surface area contributed by atoms with E-state index in [1.54, 1.807) is 0 Å². The number of furan rings is 1. The number of hydrogen-bond acceptors (Lipinski definition) is 3. The van der Waals surface area contributed by atoms with Gasteiger partial charge in [0.1, 0.15) is 11.5 Å². The van der Waals surface area contributed by atoms with Crippen LogP contribution in [0.5, 0.6) is 0 Å². The molecule has 1 saturated carbocycles. The van der Waals surface area contributed by atoms with Gasteiger partial charge in [-0.15, -0.1) is 0 Å². The van der Waals surface area contributed by atoms with Crippen molar-refractivity contribution in [1.82, 2.24) is 10.2 Å². The fourth-order valence-electron chi connectivity index (χ4n) is 3.13. The van der Waals surface area contributed by atoms with Gasteiger partial charge in [-0.25, -0.2) is 0 Å². The first-order chi connectivity index (χ1) is 9.83. The molecule has 1 heterocycles. The van der Waals surface area contributed by atoms with Crippen LogP contribution in [0.2, 0.25) is 0 Å². The van der Waals surface area contributed by atoms with Crippen LogP contribution in [0.25, 0.3) is 0 Å². The van der Waals surface area contributed by atoms with E-state index in [1.165, 1.54) is 25.7 Å². The SMILES string of the molecule is CC1CCCC(N(C)Cc2ccc(CNC(C)(C)C)o2)C1. The fraction of sp³-hybridized carbons (Fsp3) is 0.778. The van der Waals surface area contributed by atoms with Crippen LogP contribution in [0.4, 0.5) is 0 Å². The van der Waals surface area contributed by atoms with Crippen LogP contribution in [-0.4, -0.2) is 23.5 Å². The molecule has 0 saturated heterocycles. The summed E-state index contributed by atoms with van der Waals surface area (Å²) in [5.74, 6) is 2.99. The van der Waals surface area contributed by atoms with Crippen molar-refractivity contribution in [2.24, 2.45) is 5.92 Å². The van der Waals surface area contributed by atoms with Crippen molar-refractivity contribution in [2.75, 3.05) is 7.05 Å². The van der Waals surface area contributed by atoms with Gasteiger partial charge in [-0.1, -0.05) is 19.8 Å². The van der Waals surface area contributed by atoms with Crippen molar-refractivity contribution < 1.29 is 4.42 Å². The lowest BCUT2D eigenvalue weighted by Crippen LogP contribution is -2.35. The second-order valence-electron chi connectivity index (χ2n) is 7.81. The van der Waals surface area contributed by atoms with E-state index in [2.05, 4.69) is 57.1 Å². The lowest BCUT2D eigenvalue weighted by molar-refractivity contribution is 0.148. The number of nitrogens with zero attached hydrogens (tertiary/aromatic N) is 1. The Kier molecular flexibility index (Phi) is 5.50. The van der Waals surface area contributed by atoms with Crippen molar-refractivity contribution in [1.29, 1.82) is 0 Å². The molecule has 0 spiro atoms. The molecule has 2 rings (SSSR count). The Balaban J connectivity index is 1.84. The van der Waals surface area contributed by atoms with E-state index in [9.17, 15) is 0 Å². The Morgan fingerprint density at radius 3 is 2.62 bits per heavy atom. The predicted octanol–water partition coefficient (Wildman–Crippen LogP) is 4.18. The molecular weight excluding hydrogens is 260 g/mol. The van der Waals surface area contributed by atoms with E-state index in [4.69, 9.17) is 4.42 Å². The summed E-state index contributed by atoms with van der Waals surface area (Å²) < 4.78 is 5.96. The molecule has 1 aromatic heterocycles. The first-order valence-electron chi connectivity index (χ1n) is 8.36. The van der Waals surface area contributed by atoms with Crippen LogP contribution in [0.1, 0.15) is 64.9 Å². The maximum atomic E-state index is 5.96. The Labute approximate surface area is 130 Å². The van der Waals surface area contributed by atoms with Crippen molar-refractivity contribution in [3.05, 3.63) is 23.7 Å². The zero-order valence-corrected chi connectivity index (χ0v) is 14.4. The molecule has 1 aliphatic carbocycles. The highest BCUT2D eigenvalue weighted by Crippen LogP contribution is 2.27. The molecule has 2 unspecified atom stereocenters. The van der Waals surface area contributed by atoms with Gasteiger partial charge in [0, 0.05) is 11.6 Å². The molecule has 0 radical (unpaired) electrons.